The zero-order valence-corrected chi connectivity index (χ0v) is 16.9. The number of aromatic nitrogens is 4. The molecule has 2 saturated heterocycles. The Hall–Kier alpha value is -2.81. The fraction of sp³-hybridized carbons (Fsp3) is 0.476. The number of fused-ring (bicyclic) bond motifs is 1. The normalized spacial score (nSPS) is 19.5. The summed E-state index contributed by atoms with van der Waals surface area (Å²) in [6.45, 7) is 3.14. The Balaban J connectivity index is 1.18. The molecule has 7 nitrogen and oxygen atoms in total. The van der Waals surface area contributed by atoms with Gasteiger partial charge in [-0.05, 0) is 19.2 Å². The minimum atomic E-state index is -2.55. The molecule has 0 bridgehead atoms. The van der Waals surface area contributed by atoms with Crippen LogP contribution in [0.15, 0.2) is 36.7 Å². The number of halogens is 2. The van der Waals surface area contributed by atoms with Crippen LogP contribution in [0.1, 0.15) is 18.7 Å². The van der Waals surface area contributed by atoms with Gasteiger partial charge in [-0.2, -0.15) is 0 Å². The largest absolute Gasteiger partial charge is 0.356 e. The minimum Gasteiger partial charge on any atom is -0.356 e. The van der Waals surface area contributed by atoms with Crippen LogP contribution < -0.4 is 9.80 Å². The number of hydrogen-bond donors (Lipinski definition) is 1. The smallest absolute Gasteiger partial charge is 0.251 e. The number of likely N-dealkylation sites (N-methyl/N-ethyl adjacent to an activating group) is 1. The molecule has 2 aliphatic heterocycles. The van der Waals surface area contributed by atoms with Gasteiger partial charge in [-0.15, -0.1) is 0 Å². The molecule has 158 valence electrons. The van der Waals surface area contributed by atoms with Crippen molar-refractivity contribution >= 4 is 22.7 Å². The van der Waals surface area contributed by atoms with Gasteiger partial charge < -0.3 is 14.8 Å². The zero-order chi connectivity index (χ0) is 20.7. The molecule has 0 saturated carbocycles. The number of benzene rings is 1. The van der Waals surface area contributed by atoms with Crippen molar-refractivity contribution in [2.45, 2.75) is 31.4 Å². The molecule has 2 aromatic heterocycles. The number of para-hydroxylation sites is 2. The van der Waals surface area contributed by atoms with Crippen LogP contribution in [0.5, 0.6) is 0 Å². The maximum absolute atomic E-state index is 13.4. The van der Waals surface area contributed by atoms with Crippen molar-refractivity contribution in [3.63, 3.8) is 0 Å². The van der Waals surface area contributed by atoms with Gasteiger partial charge in [0, 0.05) is 51.1 Å². The Morgan fingerprint density at radius 2 is 1.80 bits per heavy atom. The number of piperidine rings is 1. The summed E-state index contributed by atoms with van der Waals surface area (Å²) in [7, 11) is 2.11. The number of imidazole rings is 1. The highest BCUT2D eigenvalue weighted by molar-refractivity contribution is 5.74. The monoisotopic (exact) mass is 413 g/mol. The van der Waals surface area contributed by atoms with Gasteiger partial charge in [0.25, 0.3) is 5.92 Å². The van der Waals surface area contributed by atoms with Crippen LogP contribution in [0.2, 0.25) is 0 Å². The summed E-state index contributed by atoms with van der Waals surface area (Å²) < 4.78 is 26.8. The van der Waals surface area contributed by atoms with E-state index in [1.165, 1.54) is 6.33 Å². The van der Waals surface area contributed by atoms with Crippen LogP contribution in [-0.4, -0.2) is 70.0 Å². The van der Waals surface area contributed by atoms with Gasteiger partial charge in [-0.1, -0.05) is 12.1 Å². The van der Waals surface area contributed by atoms with E-state index in [1.807, 2.05) is 35.2 Å². The summed E-state index contributed by atoms with van der Waals surface area (Å²) in [5.74, 6) is -0.00902. The number of H-pyrrole nitrogens is 1. The molecule has 9 heteroatoms. The standard InChI is InChI=1S/C21H25F2N7/c1-28(13-18-26-16-4-2-3-5-17(16)27-18)15-11-30(12-15)20-10-19(24-14-25-20)29-8-6-21(22,23)7-9-29/h2-5,10,14-15H,6-9,11-13H2,1H3,(H,26,27). The molecule has 0 aliphatic carbocycles. The maximum atomic E-state index is 13.4. The summed E-state index contributed by atoms with van der Waals surface area (Å²) >= 11 is 0. The van der Waals surface area contributed by atoms with Crippen LogP contribution in [0.4, 0.5) is 20.4 Å². The summed E-state index contributed by atoms with van der Waals surface area (Å²) in [6.07, 6.45) is 1.29. The van der Waals surface area contributed by atoms with Crippen molar-refractivity contribution in [1.82, 2.24) is 24.8 Å². The molecule has 0 unspecified atom stereocenters. The highest BCUT2D eigenvalue weighted by Gasteiger charge is 2.35. The first-order chi connectivity index (χ1) is 14.5. The third-order valence-electron chi connectivity index (χ3n) is 6.10. The Kier molecular flexibility index (Phi) is 4.77. The molecule has 2 aliphatic rings. The molecule has 1 aromatic carbocycles. The third kappa shape index (κ3) is 3.81. The van der Waals surface area contributed by atoms with Gasteiger partial charge in [0.05, 0.1) is 17.6 Å². The fourth-order valence-corrected chi connectivity index (χ4v) is 4.11. The molecule has 5 rings (SSSR count). The average molecular weight is 413 g/mol. The van der Waals surface area contributed by atoms with Crippen LogP contribution >= 0.6 is 0 Å². The predicted octanol–water partition coefficient (Wildman–Crippen LogP) is 2.91. The molecular weight excluding hydrogens is 388 g/mol. The fourth-order valence-electron chi connectivity index (χ4n) is 4.11. The lowest BCUT2D eigenvalue weighted by Crippen LogP contribution is -2.58. The summed E-state index contributed by atoms with van der Waals surface area (Å²) in [5.41, 5.74) is 2.04. The molecule has 0 spiro atoms. The lowest BCUT2D eigenvalue weighted by Gasteiger charge is -2.44. The molecule has 2 fully saturated rings. The zero-order valence-electron chi connectivity index (χ0n) is 16.9. The average Bonchev–Trinajstić information content (AvgIpc) is 3.09. The van der Waals surface area contributed by atoms with E-state index in [0.29, 0.717) is 19.1 Å². The Morgan fingerprint density at radius 3 is 2.53 bits per heavy atom. The van der Waals surface area contributed by atoms with Crippen LogP contribution in [-0.2, 0) is 6.54 Å². The first-order valence-corrected chi connectivity index (χ1v) is 10.3. The molecule has 0 amide bonds. The summed E-state index contributed by atoms with van der Waals surface area (Å²) in [6, 6.07) is 10.4. The second kappa shape index (κ2) is 7.46. The molecule has 4 heterocycles. The van der Waals surface area contributed by atoms with Gasteiger partial charge in [0.15, 0.2) is 0 Å². The topological polar surface area (TPSA) is 64.2 Å². The number of nitrogens with one attached hydrogen (secondary N) is 1. The molecule has 0 atom stereocenters. The summed E-state index contributed by atoms with van der Waals surface area (Å²) in [4.78, 5) is 23.1. The molecule has 3 aromatic rings. The molecule has 1 N–H and O–H groups in total. The van der Waals surface area contributed by atoms with Gasteiger partial charge in [-0.25, -0.2) is 23.7 Å². The van der Waals surface area contributed by atoms with Crippen LogP contribution in [0.3, 0.4) is 0 Å². The van der Waals surface area contributed by atoms with Crippen molar-refractivity contribution in [3.05, 3.63) is 42.5 Å². The number of hydrogen-bond acceptors (Lipinski definition) is 6. The number of aromatic amines is 1. The summed E-state index contributed by atoms with van der Waals surface area (Å²) in [5, 5.41) is 0. The van der Waals surface area contributed by atoms with Crippen molar-refractivity contribution in [3.8, 4) is 0 Å². The minimum absolute atomic E-state index is 0.120. The Morgan fingerprint density at radius 1 is 1.10 bits per heavy atom. The first-order valence-electron chi connectivity index (χ1n) is 10.3. The van der Waals surface area contributed by atoms with E-state index in [-0.39, 0.29) is 12.8 Å². The van der Waals surface area contributed by atoms with Gasteiger partial charge in [0.1, 0.15) is 23.8 Å². The number of alkyl halides is 2. The van der Waals surface area contributed by atoms with Gasteiger partial charge >= 0.3 is 0 Å². The highest BCUT2D eigenvalue weighted by Crippen LogP contribution is 2.31. The lowest BCUT2D eigenvalue weighted by molar-refractivity contribution is -0.0221. The maximum Gasteiger partial charge on any atom is 0.251 e. The van der Waals surface area contributed by atoms with E-state index >= 15 is 0 Å². The van der Waals surface area contributed by atoms with E-state index in [1.54, 1.807) is 0 Å². The second-order valence-electron chi connectivity index (χ2n) is 8.25. The van der Waals surface area contributed by atoms with Gasteiger partial charge in [-0.3, -0.25) is 4.90 Å². The quantitative estimate of drug-likeness (QED) is 0.694. The van der Waals surface area contributed by atoms with Crippen molar-refractivity contribution in [2.75, 3.05) is 43.0 Å². The van der Waals surface area contributed by atoms with Crippen molar-refractivity contribution < 1.29 is 8.78 Å². The van der Waals surface area contributed by atoms with Crippen molar-refractivity contribution in [1.29, 1.82) is 0 Å². The third-order valence-corrected chi connectivity index (χ3v) is 6.10. The van der Waals surface area contributed by atoms with Crippen molar-refractivity contribution in [2.24, 2.45) is 0 Å². The first kappa shape index (κ1) is 19.2. The second-order valence-corrected chi connectivity index (χ2v) is 8.25. The van der Waals surface area contributed by atoms with E-state index in [4.69, 9.17) is 0 Å². The number of nitrogens with zero attached hydrogens (tertiary/aromatic N) is 6. The number of anilines is 2. The van der Waals surface area contributed by atoms with E-state index < -0.39 is 5.92 Å². The van der Waals surface area contributed by atoms with Gasteiger partial charge in [0.2, 0.25) is 0 Å². The van der Waals surface area contributed by atoms with Crippen LogP contribution in [0.25, 0.3) is 11.0 Å². The predicted molar refractivity (Wildman–Crippen MR) is 112 cm³/mol. The number of rotatable bonds is 5. The molecule has 0 radical (unpaired) electrons. The lowest BCUT2D eigenvalue weighted by atomic mass is 10.1. The molecule has 30 heavy (non-hydrogen) atoms. The Bertz CT molecular complexity index is 988. The van der Waals surface area contributed by atoms with E-state index in [9.17, 15) is 8.78 Å². The Labute approximate surface area is 173 Å². The van der Waals surface area contributed by atoms with E-state index in [2.05, 4.69) is 36.8 Å². The highest BCUT2D eigenvalue weighted by atomic mass is 19.3. The SMILES string of the molecule is CN(Cc1nc2ccccc2[nH]1)C1CN(c2cc(N3CCC(F)(F)CC3)ncn2)C1. The van der Waals surface area contributed by atoms with Crippen LogP contribution in [0, 0.1) is 0 Å². The molecular formula is C21H25F2N7. The van der Waals surface area contributed by atoms with E-state index in [0.717, 1.165) is 48.1 Å².